The number of benzene rings is 3. The third-order valence-electron chi connectivity index (χ3n) is 5.90. The molecule has 0 aliphatic carbocycles. The summed E-state index contributed by atoms with van der Waals surface area (Å²) in [5.41, 5.74) is 1.16. The lowest BCUT2D eigenvalue weighted by molar-refractivity contribution is -0.140. The molecule has 0 aromatic heterocycles. The smallest absolute Gasteiger partial charge is 0.244 e. The van der Waals surface area contributed by atoms with Crippen LogP contribution in [-0.2, 0) is 32.6 Å². The van der Waals surface area contributed by atoms with Crippen LogP contribution >= 0.6 is 34.8 Å². The molecule has 0 aliphatic heterocycles. The predicted octanol–water partition coefficient (Wildman–Crippen LogP) is 5.97. The van der Waals surface area contributed by atoms with Gasteiger partial charge in [0.2, 0.25) is 21.8 Å². The average molecular weight is 625 g/mol. The summed E-state index contributed by atoms with van der Waals surface area (Å²) in [5, 5.41) is 4.04. The van der Waals surface area contributed by atoms with E-state index in [1.165, 1.54) is 17.0 Å². The molecule has 7 nitrogen and oxygen atoms in total. The van der Waals surface area contributed by atoms with Gasteiger partial charge in [0.1, 0.15) is 12.6 Å². The number of carbonyl (C=O) groups excluding carboxylic acids is 2. The van der Waals surface area contributed by atoms with Crippen molar-refractivity contribution in [3.8, 4) is 0 Å². The summed E-state index contributed by atoms with van der Waals surface area (Å²) >= 11 is 18.4. The van der Waals surface area contributed by atoms with Crippen molar-refractivity contribution in [1.82, 2.24) is 10.2 Å². The van der Waals surface area contributed by atoms with Crippen LogP contribution in [0, 0.1) is 0 Å². The van der Waals surface area contributed by atoms with Crippen molar-refractivity contribution in [1.29, 1.82) is 0 Å². The van der Waals surface area contributed by atoms with Crippen LogP contribution in [0.5, 0.6) is 0 Å². The van der Waals surface area contributed by atoms with Crippen molar-refractivity contribution in [2.45, 2.75) is 45.3 Å². The summed E-state index contributed by atoms with van der Waals surface area (Å²) in [5.74, 6) is -0.946. The maximum Gasteiger partial charge on any atom is 0.244 e. The first kappa shape index (κ1) is 31.7. The van der Waals surface area contributed by atoms with Gasteiger partial charge in [-0.15, -0.1) is 0 Å². The summed E-state index contributed by atoms with van der Waals surface area (Å²) in [7, 11) is -3.87. The van der Waals surface area contributed by atoms with Crippen LogP contribution in [0.2, 0.25) is 15.1 Å². The Labute approximate surface area is 251 Å². The molecule has 2 amide bonds. The van der Waals surface area contributed by atoms with Crippen molar-refractivity contribution < 1.29 is 18.0 Å². The van der Waals surface area contributed by atoms with Crippen LogP contribution in [0.15, 0.2) is 72.8 Å². The lowest BCUT2D eigenvalue weighted by Gasteiger charge is -2.35. The van der Waals surface area contributed by atoms with Crippen LogP contribution in [0.3, 0.4) is 0 Å². The molecular weight excluding hydrogens is 593 g/mol. The van der Waals surface area contributed by atoms with Gasteiger partial charge >= 0.3 is 0 Å². The average Bonchev–Trinajstić information content (AvgIpc) is 2.86. The molecule has 214 valence electrons. The van der Waals surface area contributed by atoms with Gasteiger partial charge in [-0.3, -0.25) is 13.9 Å². The van der Waals surface area contributed by atoms with E-state index < -0.39 is 34.1 Å². The van der Waals surface area contributed by atoms with Gasteiger partial charge in [0.25, 0.3) is 0 Å². The fourth-order valence-electron chi connectivity index (χ4n) is 4.06. The number of halogens is 3. The second kappa shape index (κ2) is 13.3. The van der Waals surface area contributed by atoms with Gasteiger partial charge < -0.3 is 10.2 Å². The van der Waals surface area contributed by atoms with E-state index in [1.54, 1.807) is 30.3 Å². The highest BCUT2D eigenvalue weighted by atomic mass is 35.5. The van der Waals surface area contributed by atoms with Gasteiger partial charge in [-0.05, 0) is 68.3 Å². The molecule has 0 radical (unpaired) electrons. The molecule has 3 aromatic rings. The van der Waals surface area contributed by atoms with Gasteiger partial charge in [0.15, 0.2) is 0 Å². The van der Waals surface area contributed by atoms with Gasteiger partial charge in [-0.1, -0.05) is 71.2 Å². The van der Waals surface area contributed by atoms with Gasteiger partial charge in [-0.2, -0.15) is 0 Å². The molecule has 0 saturated heterocycles. The maximum absolute atomic E-state index is 14.1. The lowest BCUT2D eigenvalue weighted by Crippen LogP contribution is -2.56. The standard InChI is InChI=1S/C29H32Cl3N3O4S/c1-29(2,3)33-28(37)26(17-20-8-6-5-7-9-20)34(18-21-10-15-24(31)25(32)16-21)27(36)19-35(40(4,38)39)23-13-11-22(30)12-14-23/h5-16,26H,17-19H2,1-4H3,(H,33,37)/t26-/m0/s1. The first-order valence-electron chi connectivity index (χ1n) is 12.5. The fraction of sp³-hybridized carbons (Fsp3) is 0.310. The highest BCUT2D eigenvalue weighted by Gasteiger charge is 2.34. The Morgan fingerprint density at radius 2 is 1.50 bits per heavy atom. The molecule has 1 N–H and O–H groups in total. The Kier molecular flexibility index (Phi) is 10.5. The van der Waals surface area contributed by atoms with Gasteiger partial charge in [0, 0.05) is 23.5 Å². The third-order valence-corrected chi connectivity index (χ3v) is 8.03. The summed E-state index contributed by atoms with van der Waals surface area (Å²) < 4.78 is 26.6. The Hall–Kier alpha value is -2.78. The molecule has 0 heterocycles. The zero-order chi connectivity index (χ0) is 29.7. The van der Waals surface area contributed by atoms with E-state index in [1.807, 2.05) is 51.1 Å². The molecule has 0 fully saturated rings. The van der Waals surface area contributed by atoms with E-state index in [9.17, 15) is 18.0 Å². The quantitative estimate of drug-likeness (QED) is 0.301. The Morgan fingerprint density at radius 1 is 0.875 bits per heavy atom. The monoisotopic (exact) mass is 623 g/mol. The van der Waals surface area contributed by atoms with E-state index >= 15 is 0 Å². The summed E-state index contributed by atoms with van der Waals surface area (Å²) in [4.78, 5) is 29.2. The molecule has 0 unspecified atom stereocenters. The highest BCUT2D eigenvalue weighted by molar-refractivity contribution is 7.92. The number of rotatable bonds is 10. The van der Waals surface area contributed by atoms with Crippen LogP contribution in [-0.4, -0.2) is 49.5 Å². The number of carbonyl (C=O) groups is 2. The number of nitrogens with zero attached hydrogens (tertiary/aromatic N) is 2. The van der Waals surface area contributed by atoms with E-state index in [4.69, 9.17) is 34.8 Å². The molecule has 0 spiro atoms. The minimum atomic E-state index is -3.87. The van der Waals surface area contributed by atoms with Gasteiger partial charge in [-0.25, -0.2) is 8.42 Å². The maximum atomic E-state index is 14.1. The number of nitrogens with one attached hydrogen (secondary N) is 1. The predicted molar refractivity (Wildman–Crippen MR) is 162 cm³/mol. The van der Waals surface area contributed by atoms with Crippen LogP contribution < -0.4 is 9.62 Å². The zero-order valence-corrected chi connectivity index (χ0v) is 25.8. The SMILES string of the molecule is CC(C)(C)NC(=O)[C@H](Cc1ccccc1)N(Cc1ccc(Cl)c(Cl)c1)C(=O)CN(c1ccc(Cl)cc1)S(C)(=O)=O. The summed E-state index contributed by atoms with van der Waals surface area (Å²) in [6.45, 7) is 5.00. The second-order valence-electron chi connectivity index (χ2n) is 10.5. The molecule has 3 aromatic carbocycles. The van der Waals surface area contributed by atoms with Crippen LogP contribution in [0.25, 0.3) is 0 Å². The van der Waals surface area contributed by atoms with Crippen molar-refractivity contribution in [2.24, 2.45) is 0 Å². The number of hydrogen-bond acceptors (Lipinski definition) is 4. The first-order valence-corrected chi connectivity index (χ1v) is 15.4. The highest BCUT2D eigenvalue weighted by Crippen LogP contribution is 2.26. The van der Waals surface area contributed by atoms with Gasteiger partial charge in [0.05, 0.1) is 22.0 Å². The van der Waals surface area contributed by atoms with Crippen molar-refractivity contribution >= 4 is 62.3 Å². The summed E-state index contributed by atoms with van der Waals surface area (Å²) in [6.07, 6.45) is 1.22. The Morgan fingerprint density at radius 3 is 2.05 bits per heavy atom. The van der Waals surface area contributed by atoms with E-state index in [0.717, 1.165) is 16.1 Å². The fourth-order valence-corrected chi connectivity index (χ4v) is 5.36. The normalized spacial score (nSPS) is 12.5. The number of amides is 2. The lowest BCUT2D eigenvalue weighted by atomic mass is 10.0. The number of sulfonamides is 1. The molecule has 3 rings (SSSR count). The molecular formula is C29H32Cl3N3O4S. The third kappa shape index (κ3) is 9.13. The van der Waals surface area contributed by atoms with E-state index in [-0.39, 0.29) is 24.6 Å². The summed E-state index contributed by atoms with van der Waals surface area (Å²) in [6, 6.07) is 19.4. The van der Waals surface area contributed by atoms with Crippen molar-refractivity contribution in [3.05, 3.63) is 99.0 Å². The topological polar surface area (TPSA) is 86.8 Å². The Balaban J connectivity index is 2.08. The minimum Gasteiger partial charge on any atom is -0.350 e. The molecule has 0 bridgehead atoms. The zero-order valence-electron chi connectivity index (χ0n) is 22.7. The largest absolute Gasteiger partial charge is 0.350 e. The molecule has 0 aliphatic rings. The minimum absolute atomic E-state index is 0.0109. The number of hydrogen-bond donors (Lipinski definition) is 1. The van der Waals surface area contributed by atoms with E-state index in [2.05, 4.69) is 5.32 Å². The van der Waals surface area contributed by atoms with Crippen molar-refractivity contribution in [3.63, 3.8) is 0 Å². The Bertz CT molecular complexity index is 1440. The second-order valence-corrected chi connectivity index (χ2v) is 13.6. The molecule has 11 heteroatoms. The first-order chi connectivity index (χ1) is 18.6. The molecule has 40 heavy (non-hydrogen) atoms. The molecule has 1 atom stereocenters. The van der Waals surface area contributed by atoms with E-state index in [0.29, 0.717) is 20.6 Å². The van der Waals surface area contributed by atoms with Crippen molar-refractivity contribution in [2.75, 3.05) is 17.1 Å². The van der Waals surface area contributed by atoms with Crippen LogP contribution in [0.4, 0.5) is 5.69 Å². The number of anilines is 1. The van der Waals surface area contributed by atoms with Crippen LogP contribution in [0.1, 0.15) is 31.9 Å². The molecule has 0 saturated carbocycles.